The lowest BCUT2D eigenvalue weighted by Crippen LogP contribution is -1.87. The summed E-state index contributed by atoms with van der Waals surface area (Å²) in [5, 5.41) is 10.8. The number of hydrogen-bond donors (Lipinski definition) is 1. The zero-order chi connectivity index (χ0) is 10.1. The van der Waals surface area contributed by atoms with Gasteiger partial charge < -0.3 is 5.11 Å². The van der Waals surface area contributed by atoms with Crippen molar-refractivity contribution in [2.45, 2.75) is 6.61 Å². The second kappa shape index (κ2) is 3.73. The highest BCUT2D eigenvalue weighted by atomic mass is 35.5. The lowest BCUT2D eigenvalue weighted by atomic mass is 10.1. The average Bonchev–Trinajstić information content (AvgIpc) is 2.18. The SMILES string of the molecule is OCc1ccc2nc(Cl)ccc2c1Cl. The smallest absolute Gasteiger partial charge is 0.129 e. The fraction of sp³-hybridized carbons (Fsp3) is 0.100. The Morgan fingerprint density at radius 3 is 2.64 bits per heavy atom. The Hall–Kier alpha value is -0.830. The first-order valence-corrected chi connectivity index (χ1v) is 4.82. The van der Waals surface area contributed by atoms with Gasteiger partial charge in [-0.15, -0.1) is 0 Å². The van der Waals surface area contributed by atoms with Crippen LogP contribution in [0.4, 0.5) is 0 Å². The van der Waals surface area contributed by atoms with Crippen LogP contribution in [0.3, 0.4) is 0 Å². The molecular weight excluding hydrogens is 221 g/mol. The molecule has 0 saturated carbocycles. The zero-order valence-electron chi connectivity index (χ0n) is 7.17. The molecule has 14 heavy (non-hydrogen) atoms. The summed E-state index contributed by atoms with van der Waals surface area (Å²) < 4.78 is 0. The third-order valence-electron chi connectivity index (χ3n) is 2.02. The third kappa shape index (κ3) is 1.57. The number of aliphatic hydroxyl groups is 1. The van der Waals surface area contributed by atoms with E-state index in [0.717, 1.165) is 10.9 Å². The number of nitrogens with zero attached hydrogens (tertiary/aromatic N) is 1. The maximum atomic E-state index is 9.00. The number of rotatable bonds is 1. The Morgan fingerprint density at radius 1 is 1.14 bits per heavy atom. The lowest BCUT2D eigenvalue weighted by molar-refractivity contribution is 0.282. The van der Waals surface area contributed by atoms with Crippen LogP contribution in [0.2, 0.25) is 10.2 Å². The number of benzene rings is 1. The van der Waals surface area contributed by atoms with Crippen LogP contribution in [-0.2, 0) is 6.61 Å². The summed E-state index contributed by atoms with van der Waals surface area (Å²) in [7, 11) is 0. The Balaban J connectivity index is 2.77. The van der Waals surface area contributed by atoms with Crippen molar-refractivity contribution >= 4 is 34.1 Å². The van der Waals surface area contributed by atoms with Crippen molar-refractivity contribution in [1.82, 2.24) is 4.98 Å². The minimum absolute atomic E-state index is 0.0720. The van der Waals surface area contributed by atoms with Gasteiger partial charge in [0.1, 0.15) is 5.15 Å². The maximum absolute atomic E-state index is 9.00. The second-order valence-electron chi connectivity index (χ2n) is 2.90. The van der Waals surface area contributed by atoms with Crippen LogP contribution >= 0.6 is 23.2 Å². The Kier molecular flexibility index (Phi) is 2.59. The van der Waals surface area contributed by atoms with Gasteiger partial charge in [-0.25, -0.2) is 4.98 Å². The predicted octanol–water partition coefficient (Wildman–Crippen LogP) is 3.03. The molecular formula is C10H7Cl2NO. The molecule has 2 nitrogen and oxygen atoms in total. The Bertz CT molecular complexity index is 485. The zero-order valence-corrected chi connectivity index (χ0v) is 8.68. The molecule has 1 heterocycles. The van der Waals surface area contributed by atoms with Gasteiger partial charge >= 0.3 is 0 Å². The first kappa shape index (κ1) is 9.71. The molecule has 1 N–H and O–H groups in total. The summed E-state index contributed by atoms with van der Waals surface area (Å²) in [4.78, 5) is 4.11. The van der Waals surface area contributed by atoms with Gasteiger partial charge in [-0.3, -0.25) is 0 Å². The van der Waals surface area contributed by atoms with Crippen LogP contribution in [0.15, 0.2) is 24.3 Å². The van der Waals surface area contributed by atoms with E-state index in [1.807, 2.05) is 0 Å². The van der Waals surface area contributed by atoms with Gasteiger partial charge in [0, 0.05) is 5.39 Å². The van der Waals surface area contributed by atoms with Crippen molar-refractivity contribution in [2.75, 3.05) is 0 Å². The molecule has 1 aromatic carbocycles. The molecule has 4 heteroatoms. The molecule has 0 spiro atoms. The van der Waals surface area contributed by atoms with Crippen LogP contribution in [0.5, 0.6) is 0 Å². The van der Waals surface area contributed by atoms with Crippen LogP contribution in [0.1, 0.15) is 5.56 Å². The molecule has 0 radical (unpaired) electrons. The molecule has 0 atom stereocenters. The van der Waals surface area contributed by atoms with E-state index in [9.17, 15) is 0 Å². The molecule has 0 fully saturated rings. The molecule has 72 valence electrons. The number of aliphatic hydroxyl groups excluding tert-OH is 1. The molecule has 0 aliphatic rings. The summed E-state index contributed by atoms with van der Waals surface area (Å²) in [6.45, 7) is -0.0720. The predicted molar refractivity (Wildman–Crippen MR) is 57.7 cm³/mol. The van der Waals surface area contributed by atoms with Crippen molar-refractivity contribution in [3.63, 3.8) is 0 Å². The average molecular weight is 228 g/mol. The van der Waals surface area contributed by atoms with Gasteiger partial charge in [-0.2, -0.15) is 0 Å². The molecule has 0 saturated heterocycles. The van der Waals surface area contributed by atoms with E-state index >= 15 is 0 Å². The lowest BCUT2D eigenvalue weighted by Gasteiger charge is -2.04. The quantitative estimate of drug-likeness (QED) is 0.761. The van der Waals surface area contributed by atoms with Crippen molar-refractivity contribution in [3.8, 4) is 0 Å². The van der Waals surface area contributed by atoms with E-state index < -0.39 is 0 Å². The fourth-order valence-corrected chi connectivity index (χ4v) is 1.75. The van der Waals surface area contributed by atoms with Gasteiger partial charge in [-0.1, -0.05) is 29.3 Å². The van der Waals surface area contributed by atoms with E-state index in [1.165, 1.54) is 0 Å². The number of halogens is 2. The number of hydrogen-bond acceptors (Lipinski definition) is 2. The summed E-state index contributed by atoms with van der Waals surface area (Å²) in [6.07, 6.45) is 0. The van der Waals surface area contributed by atoms with Gasteiger partial charge in [0.05, 0.1) is 17.1 Å². The normalized spacial score (nSPS) is 10.8. The molecule has 0 bridgehead atoms. The molecule has 2 rings (SSSR count). The summed E-state index contributed by atoms with van der Waals surface area (Å²) in [5.41, 5.74) is 1.43. The Morgan fingerprint density at radius 2 is 1.93 bits per heavy atom. The third-order valence-corrected chi connectivity index (χ3v) is 2.68. The number of fused-ring (bicyclic) bond motifs is 1. The Labute approximate surface area is 91.1 Å². The molecule has 0 unspecified atom stereocenters. The largest absolute Gasteiger partial charge is 0.392 e. The van der Waals surface area contributed by atoms with E-state index in [4.69, 9.17) is 28.3 Å². The van der Waals surface area contributed by atoms with Crippen LogP contribution < -0.4 is 0 Å². The summed E-state index contributed by atoms with van der Waals surface area (Å²) in [5.74, 6) is 0. The van der Waals surface area contributed by atoms with E-state index in [1.54, 1.807) is 24.3 Å². The standard InChI is InChI=1S/C10H7Cl2NO/c11-9-4-2-7-8(13-9)3-1-6(5-14)10(7)12/h1-4,14H,5H2. The van der Waals surface area contributed by atoms with Crippen LogP contribution in [-0.4, -0.2) is 10.1 Å². The first-order valence-electron chi connectivity index (χ1n) is 4.07. The number of aromatic nitrogens is 1. The van der Waals surface area contributed by atoms with Crippen LogP contribution in [0.25, 0.3) is 10.9 Å². The highest BCUT2D eigenvalue weighted by Gasteiger charge is 2.05. The van der Waals surface area contributed by atoms with Gasteiger partial charge in [0.2, 0.25) is 0 Å². The first-order chi connectivity index (χ1) is 6.72. The van der Waals surface area contributed by atoms with Crippen molar-refractivity contribution in [2.24, 2.45) is 0 Å². The highest BCUT2D eigenvalue weighted by Crippen LogP contribution is 2.27. The minimum atomic E-state index is -0.0720. The molecule has 2 aromatic rings. The molecule has 0 aliphatic heterocycles. The van der Waals surface area contributed by atoms with E-state index in [2.05, 4.69) is 4.98 Å². The molecule has 0 aliphatic carbocycles. The summed E-state index contributed by atoms with van der Waals surface area (Å²) >= 11 is 11.8. The van der Waals surface area contributed by atoms with Crippen LogP contribution in [0, 0.1) is 0 Å². The number of pyridine rings is 1. The minimum Gasteiger partial charge on any atom is -0.392 e. The highest BCUT2D eigenvalue weighted by molar-refractivity contribution is 6.36. The van der Waals surface area contributed by atoms with E-state index in [0.29, 0.717) is 15.7 Å². The molecule has 1 aromatic heterocycles. The van der Waals surface area contributed by atoms with Crippen molar-refractivity contribution < 1.29 is 5.11 Å². The maximum Gasteiger partial charge on any atom is 0.129 e. The van der Waals surface area contributed by atoms with Gasteiger partial charge in [0.25, 0.3) is 0 Å². The van der Waals surface area contributed by atoms with E-state index in [-0.39, 0.29) is 6.61 Å². The van der Waals surface area contributed by atoms with Crippen molar-refractivity contribution in [3.05, 3.63) is 40.0 Å². The van der Waals surface area contributed by atoms with Gasteiger partial charge in [-0.05, 0) is 23.8 Å². The monoisotopic (exact) mass is 227 g/mol. The fourth-order valence-electron chi connectivity index (χ4n) is 1.31. The van der Waals surface area contributed by atoms with Gasteiger partial charge in [0.15, 0.2) is 0 Å². The topological polar surface area (TPSA) is 33.1 Å². The van der Waals surface area contributed by atoms with Crippen molar-refractivity contribution in [1.29, 1.82) is 0 Å². The summed E-state index contributed by atoms with van der Waals surface area (Å²) in [6, 6.07) is 7.01. The second-order valence-corrected chi connectivity index (χ2v) is 3.66. The molecule has 0 amide bonds.